The molecular weight excluding hydrogens is 320 g/mol. The van der Waals surface area contributed by atoms with Crippen molar-refractivity contribution in [1.29, 1.82) is 0 Å². The van der Waals surface area contributed by atoms with E-state index in [4.69, 9.17) is 0 Å². The van der Waals surface area contributed by atoms with Crippen molar-refractivity contribution in [2.24, 2.45) is 0 Å². The van der Waals surface area contributed by atoms with Crippen molar-refractivity contribution in [2.75, 3.05) is 5.32 Å². The number of carbonyl (C=O) groups excluding carboxylic acids is 1. The number of benzene rings is 2. The third-order valence-corrected chi connectivity index (χ3v) is 4.51. The maximum absolute atomic E-state index is 12.4. The molecule has 2 aromatic carbocycles. The lowest BCUT2D eigenvalue weighted by Crippen LogP contribution is -2.18. The van der Waals surface area contributed by atoms with E-state index in [-0.39, 0.29) is 18.1 Å². The summed E-state index contributed by atoms with van der Waals surface area (Å²) in [5.41, 5.74) is 4.18. The highest BCUT2D eigenvalue weighted by Crippen LogP contribution is 2.26. The first-order chi connectivity index (χ1) is 12.1. The number of fused-ring (bicyclic) bond motifs is 2. The van der Waals surface area contributed by atoms with E-state index in [0.29, 0.717) is 11.0 Å². The Hall–Kier alpha value is -3.22. The van der Waals surface area contributed by atoms with Crippen molar-refractivity contribution >= 4 is 28.3 Å². The summed E-state index contributed by atoms with van der Waals surface area (Å²) in [5.74, 6) is -0.240. The molecule has 1 heterocycles. The van der Waals surface area contributed by atoms with Crippen molar-refractivity contribution in [1.82, 2.24) is 9.55 Å². The molecule has 0 radical (unpaired) electrons. The number of rotatable bonds is 4. The van der Waals surface area contributed by atoms with Gasteiger partial charge in [-0.05, 0) is 48.6 Å². The molecule has 0 fully saturated rings. The number of imidazole rings is 1. The van der Waals surface area contributed by atoms with Crippen LogP contribution in [0, 0.1) is 10.1 Å². The second-order valence-corrected chi connectivity index (χ2v) is 6.16. The summed E-state index contributed by atoms with van der Waals surface area (Å²) in [6.07, 6.45) is 4.74. The minimum Gasteiger partial charge on any atom is -0.325 e. The Kier molecular flexibility index (Phi) is 3.68. The number of anilines is 1. The lowest BCUT2D eigenvalue weighted by atomic mass is 10.1. The molecule has 25 heavy (non-hydrogen) atoms. The molecule has 1 N–H and O–H groups in total. The van der Waals surface area contributed by atoms with E-state index in [1.54, 1.807) is 12.1 Å². The third-order valence-electron chi connectivity index (χ3n) is 4.51. The van der Waals surface area contributed by atoms with E-state index in [1.165, 1.54) is 28.1 Å². The first-order valence-electron chi connectivity index (χ1n) is 8.12. The fourth-order valence-corrected chi connectivity index (χ4v) is 3.38. The lowest BCUT2D eigenvalue weighted by molar-refractivity contribution is -0.383. The number of aromatic nitrogens is 2. The molecule has 1 amide bonds. The monoisotopic (exact) mass is 336 g/mol. The molecule has 7 nitrogen and oxygen atoms in total. The van der Waals surface area contributed by atoms with E-state index >= 15 is 0 Å². The summed E-state index contributed by atoms with van der Waals surface area (Å²) >= 11 is 0. The van der Waals surface area contributed by atoms with E-state index < -0.39 is 4.92 Å². The summed E-state index contributed by atoms with van der Waals surface area (Å²) in [7, 11) is 0. The predicted molar refractivity (Wildman–Crippen MR) is 93.5 cm³/mol. The Bertz CT molecular complexity index is 993. The predicted octanol–water partition coefficient (Wildman–Crippen LogP) is 3.07. The van der Waals surface area contributed by atoms with Gasteiger partial charge >= 0.3 is 0 Å². The zero-order chi connectivity index (χ0) is 17.4. The topological polar surface area (TPSA) is 90.1 Å². The van der Waals surface area contributed by atoms with Crippen LogP contribution in [0.4, 0.5) is 11.4 Å². The van der Waals surface area contributed by atoms with Gasteiger partial charge in [-0.15, -0.1) is 0 Å². The molecule has 0 bridgehead atoms. The number of amides is 1. The van der Waals surface area contributed by atoms with E-state index in [2.05, 4.69) is 16.4 Å². The van der Waals surface area contributed by atoms with Crippen molar-refractivity contribution in [3.05, 3.63) is 64.0 Å². The van der Waals surface area contributed by atoms with Crippen LogP contribution in [0.2, 0.25) is 0 Å². The van der Waals surface area contributed by atoms with Gasteiger partial charge in [-0.2, -0.15) is 0 Å². The number of aryl methyl sites for hydroxylation is 2. The van der Waals surface area contributed by atoms with Crippen LogP contribution < -0.4 is 5.32 Å². The van der Waals surface area contributed by atoms with Crippen molar-refractivity contribution in [3.8, 4) is 0 Å². The minimum atomic E-state index is -0.459. The Balaban J connectivity index is 1.57. The molecule has 1 aromatic heterocycles. The standard InChI is InChI=1S/C18H16N4O3/c23-17(20-14-8-7-12-3-1-4-13(12)9-14)10-21-11-19-15-5-2-6-16(18(15)21)22(24)25/h2,5-9,11H,1,3-4,10H2,(H,20,23). The van der Waals surface area contributed by atoms with Crippen LogP contribution in [0.5, 0.6) is 0 Å². The van der Waals surface area contributed by atoms with Gasteiger partial charge in [0.05, 0.1) is 16.8 Å². The summed E-state index contributed by atoms with van der Waals surface area (Å²) in [6, 6.07) is 10.7. The number of nitrogens with one attached hydrogen (secondary N) is 1. The van der Waals surface area contributed by atoms with Gasteiger partial charge in [0.2, 0.25) is 5.91 Å². The summed E-state index contributed by atoms with van der Waals surface area (Å²) in [6.45, 7) is -0.0293. The quantitative estimate of drug-likeness (QED) is 0.585. The van der Waals surface area contributed by atoms with Gasteiger partial charge in [-0.25, -0.2) is 4.98 Å². The van der Waals surface area contributed by atoms with Crippen LogP contribution in [0.3, 0.4) is 0 Å². The van der Waals surface area contributed by atoms with Gasteiger partial charge in [-0.1, -0.05) is 12.1 Å². The Morgan fingerprint density at radius 1 is 1.24 bits per heavy atom. The second-order valence-electron chi connectivity index (χ2n) is 6.16. The zero-order valence-corrected chi connectivity index (χ0v) is 13.4. The maximum atomic E-state index is 12.4. The molecule has 4 rings (SSSR count). The highest BCUT2D eigenvalue weighted by atomic mass is 16.6. The van der Waals surface area contributed by atoms with Gasteiger partial charge < -0.3 is 9.88 Å². The van der Waals surface area contributed by atoms with Gasteiger partial charge in [0.15, 0.2) is 0 Å². The van der Waals surface area contributed by atoms with E-state index in [9.17, 15) is 14.9 Å². The largest absolute Gasteiger partial charge is 0.325 e. The zero-order valence-electron chi connectivity index (χ0n) is 13.4. The van der Waals surface area contributed by atoms with Gasteiger partial charge in [-0.3, -0.25) is 14.9 Å². The van der Waals surface area contributed by atoms with Gasteiger partial charge in [0.1, 0.15) is 12.1 Å². The molecule has 0 saturated heterocycles. The first-order valence-corrected chi connectivity index (χ1v) is 8.12. The number of nitro benzene ring substituents is 1. The molecule has 1 aliphatic rings. The molecule has 1 aliphatic carbocycles. The second kappa shape index (κ2) is 6.01. The van der Waals surface area contributed by atoms with Crippen molar-refractivity contribution in [3.63, 3.8) is 0 Å². The van der Waals surface area contributed by atoms with Gasteiger partial charge in [0, 0.05) is 11.8 Å². The smallest absolute Gasteiger partial charge is 0.295 e. The fourth-order valence-electron chi connectivity index (χ4n) is 3.38. The lowest BCUT2D eigenvalue weighted by Gasteiger charge is -2.08. The Labute approximate surface area is 143 Å². The summed E-state index contributed by atoms with van der Waals surface area (Å²) in [4.78, 5) is 27.3. The maximum Gasteiger partial charge on any atom is 0.295 e. The van der Waals surface area contributed by atoms with Crippen LogP contribution in [0.25, 0.3) is 11.0 Å². The number of carbonyl (C=O) groups is 1. The van der Waals surface area contributed by atoms with Crippen LogP contribution in [-0.4, -0.2) is 20.4 Å². The minimum absolute atomic E-state index is 0.0293. The summed E-state index contributed by atoms with van der Waals surface area (Å²) < 4.78 is 1.51. The van der Waals surface area contributed by atoms with E-state index in [1.807, 2.05) is 12.1 Å². The molecule has 0 atom stereocenters. The van der Waals surface area contributed by atoms with Gasteiger partial charge in [0.25, 0.3) is 5.69 Å². The van der Waals surface area contributed by atoms with Crippen LogP contribution in [0.15, 0.2) is 42.7 Å². The molecule has 3 aromatic rings. The number of hydrogen-bond acceptors (Lipinski definition) is 4. The molecule has 0 aliphatic heterocycles. The molecule has 0 spiro atoms. The van der Waals surface area contributed by atoms with Crippen LogP contribution in [0.1, 0.15) is 17.5 Å². The summed E-state index contributed by atoms with van der Waals surface area (Å²) in [5, 5.41) is 14.1. The molecular formula is C18H16N4O3. The number of nitro groups is 1. The fraction of sp³-hybridized carbons (Fsp3) is 0.222. The molecule has 0 unspecified atom stereocenters. The van der Waals surface area contributed by atoms with Crippen molar-refractivity contribution in [2.45, 2.75) is 25.8 Å². The Morgan fingerprint density at radius 2 is 2.08 bits per heavy atom. The normalized spacial score (nSPS) is 13.0. The highest BCUT2D eigenvalue weighted by Gasteiger charge is 2.18. The first kappa shape index (κ1) is 15.3. The SMILES string of the molecule is O=C(Cn1cnc2cccc([N+](=O)[O-])c21)Nc1ccc2c(c1)CCC2. The number of para-hydroxylation sites is 1. The van der Waals surface area contributed by atoms with Crippen molar-refractivity contribution < 1.29 is 9.72 Å². The highest BCUT2D eigenvalue weighted by molar-refractivity contribution is 5.93. The molecule has 126 valence electrons. The number of hydrogen-bond donors (Lipinski definition) is 1. The number of nitrogens with zero attached hydrogens (tertiary/aromatic N) is 3. The number of non-ortho nitro benzene ring substituents is 1. The average molecular weight is 336 g/mol. The van der Waals surface area contributed by atoms with E-state index in [0.717, 1.165) is 24.9 Å². The van der Waals surface area contributed by atoms with Crippen LogP contribution in [-0.2, 0) is 24.2 Å². The average Bonchev–Trinajstić information content (AvgIpc) is 3.21. The molecule has 7 heteroatoms. The Morgan fingerprint density at radius 3 is 2.92 bits per heavy atom. The third kappa shape index (κ3) is 2.84. The van der Waals surface area contributed by atoms with Crippen LogP contribution >= 0.6 is 0 Å². The molecule has 0 saturated carbocycles.